The van der Waals surface area contributed by atoms with E-state index in [4.69, 9.17) is 21.4 Å². The lowest BCUT2D eigenvalue weighted by Crippen LogP contribution is -2.73. The number of likely N-dealkylation sites (tertiary alicyclic amines) is 3. The molecule has 4 saturated heterocycles. The molecular weight excluding hydrogens is 609 g/mol. The number of rotatable bonds is 14. The Labute approximate surface area is 271 Å². The first-order chi connectivity index (χ1) is 21.6. The minimum absolute atomic E-state index is 0.00740. The van der Waals surface area contributed by atoms with Gasteiger partial charge in [0, 0.05) is 83.8 Å². The minimum atomic E-state index is -1.64. The molecule has 1 aliphatic carbocycles. The zero-order valence-corrected chi connectivity index (χ0v) is 27.1. The van der Waals surface area contributed by atoms with E-state index in [0.717, 1.165) is 45.4 Å². The molecule has 1 saturated carbocycles. The monoisotopic (exact) mass is 663 g/mol. The molecular formula is C31H55ClFN5O7. The number of ether oxygens (including phenoxy) is 1. The number of nitrogens with one attached hydrogen (secondary N) is 2. The van der Waals surface area contributed by atoms with Crippen molar-refractivity contribution in [1.29, 1.82) is 0 Å². The largest absolute Gasteiger partial charge is 0.394 e. The zero-order valence-electron chi connectivity index (χ0n) is 26.4. The number of halogens is 2. The normalized spacial score (nSPS) is 34.1. The quantitative estimate of drug-likeness (QED) is 0.0908. The third-order valence-electron chi connectivity index (χ3n) is 10.8. The Kier molecular flexibility index (Phi) is 12.8. The van der Waals surface area contributed by atoms with E-state index in [-0.39, 0.29) is 48.0 Å². The van der Waals surface area contributed by atoms with E-state index < -0.39 is 37.2 Å². The molecule has 5 rings (SSSR count). The summed E-state index contributed by atoms with van der Waals surface area (Å²) in [6.45, 7) is 6.40. The van der Waals surface area contributed by atoms with Gasteiger partial charge < -0.3 is 35.2 Å². The number of carbonyl (C=O) groups excluding carboxylic acids is 1. The van der Waals surface area contributed by atoms with Crippen molar-refractivity contribution < 1.29 is 39.5 Å². The van der Waals surface area contributed by atoms with E-state index in [1.807, 2.05) is 4.90 Å². The molecule has 1 amide bonds. The fraction of sp³-hybridized carbons (Fsp3) is 0.968. The highest BCUT2D eigenvalue weighted by Crippen LogP contribution is 2.41. The van der Waals surface area contributed by atoms with Gasteiger partial charge in [0.1, 0.15) is 30.8 Å². The SMILES string of the molecule is O=C(CC1CCC(OCCCC2CCN(C3NCC(Cl)CN3)CC2)CC1F)N1CC2(CN(C[C@H](O)[C@@H](O)[C@H](O)[C@H](O)CO)C2)C1. The number of β-amino-alcohol motifs (C(OH)–C–C–N with tert-alkyl or cyclic N) is 1. The van der Waals surface area contributed by atoms with Crippen LogP contribution in [-0.4, -0.2) is 167 Å². The molecule has 12 nitrogen and oxygen atoms in total. The molecule has 5 fully saturated rings. The molecule has 14 heteroatoms. The van der Waals surface area contributed by atoms with Crippen molar-refractivity contribution in [3.63, 3.8) is 0 Å². The molecule has 5 aliphatic rings. The van der Waals surface area contributed by atoms with Crippen LogP contribution >= 0.6 is 11.6 Å². The van der Waals surface area contributed by atoms with Crippen LogP contribution in [0.4, 0.5) is 4.39 Å². The number of hydrogen-bond acceptors (Lipinski definition) is 11. The number of hydrogen-bond donors (Lipinski definition) is 7. The van der Waals surface area contributed by atoms with Crippen LogP contribution < -0.4 is 10.6 Å². The Balaban J connectivity index is 0.900. The van der Waals surface area contributed by atoms with Crippen molar-refractivity contribution in [2.75, 3.05) is 72.1 Å². The van der Waals surface area contributed by atoms with Gasteiger partial charge in [0.2, 0.25) is 5.91 Å². The molecule has 0 aromatic carbocycles. The Bertz CT molecular complexity index is 930. The van der Waals surface area contributed by atoms with Crippen LogP contribution in [0.3, 0.4) is 0 Å². The third-order valence-corrected chi connectivity index (χ3v) is 11.1. The Morgan fingerprint density at radius 2 is 1.64 bits per heavy atom. The second kappa shape index (κ2) is 16.1. The first-order valence-corrected chi connectivity index (χ1v) is 17.4. The Morgan fingerprint density at radius 3 is 2.29 bits per heavy atom. The van der Waals surface area contributed by atoms with Gasteiger partial charge in [0.15, 0.2) is 0 Å². The van der Waals surface area contributed by atoms with Crippen molar-refractivity contribution in [3.05, 3.63) is 0 Å². The summed E-state index contributed by atoms with van der Waals surface area (Å²) in [5.41, 5.74) is -0.0423. The van der Waals surface area contributed by atoms with Gasteiger partial charge in [0.25, 0.3) is 0 Å². The fourth-order valence-electron chi connectivity index (χ4n) is 7.99. The smallest absolute Gasteiger partial charge is 0.222 e. The molecule has 260 valence electrons. The summed E-state index contributed by atoms with van der Waals surface area (Å²) < 4.78 is 21.2. The molecule has 0 aromatic rings. The number of alkyl halides is 2. The summed E-state index contributed by atoms with van der Waals surface area (Å²) in [5.74, 6) is 0.434. The van der Waals surface area contributed by atoms with Crippen molar-refractivity contribution in [1.82, 2.24) is 25.3 Å². The lowest BCUT2D eigenvalue weighted by Gasteiger charge is -2.60. The molecule has 0 radical (unpaired) electrons. The Morgan fingerprint density at radius 1 is 0.978 bits per heavy atom. The van der Waals surface area contributed by atoms with Gasteiger partial charge in [-0.25, -0.2) is 4.39 Å². The number of aliphatic hydroxyl groups excluding tert-OH is 5. The molecule has 0 bridgehead atoms. The van der Waals surface area contributed by atoms with E-state index in [1.54, 1.807) is 4.90 Å². The maximum absolute atomic E-state index is 15.1. The molecule has 45 heavy (non-hydrogen) atoms. The lowest BCUT2D eigenvalue weighted by molar-refractivity contribution is -0.168. The van der Waals surface area contributed by atoms with Gasteiger partial charge in [0.05, 0.1) is 24.2 Å². The number of aliphatic hydroxyl groups is 5. The van der Waals surface area contributed by atoms with Crippen LogP contribution in [0.2, 0.25) is 0 Å². The van der Waals surface area contributed by atoms with Gasteiger partial charge in [-0.05, 0) is 50.4 Å². The van der Waals surface area contributed by atoms with Crippen molar-refractivity contribution in [2.45, 2.75) is 99.7 Å². The second-order valence-corrected chi connectivity index (χ2v) is 15.1. The zero-order chi connectivity index (χ0) is 32.1. The van der Waals surface area contributed by atoms with E-state index in [1.165, 1.54) is 12.8 Å². The second-order valence-electron chi connectivity index (χ2n) is 14.4. The van der Waals surface area contributed by atoms with Gasteiger partial charge in [-0.3, -0.25) is 25.2 Å². The highest BCUT2D eigenvalue weighted by Gasteiger charge is 2.53. The van der Waals surface area contributed by atoms with Crippen LogP contribution in [0.5, 0.6) is 0 Å². The maximum atomic E-state index is 15.1. The average Bonchev–Trinajstić information content (AvgIpc) is 3.00. The van der Waals surface area contributed by atoms with Crippen LogP contribution in [0, 0.1) is 17.3 Å². The summed E-state index contributed by atoms with van der Waals surface area (Å²) in [6.07, 6.45) is -0.356. The van der Waals surface area contributed by atoms with Crippen molar-refractivity contribution in [2.24, 2.45) is 17.3 Å². The third kappa shape index (κ3) is 9.26. The van der Waals surface area contributed by atoms with Crippen LogP contribution in [-0.2, 0) is 9.53 Å². The van der Waals surface area contributed by atoms with E-state index in [2.05, 4.69) is 15.5 Å². The predicted molar refractivity (Wildman–Crippen MR) is 166 cm³/mol. The summed E-state index contributed by atoms with van der Waals surface area (Å²) >= 11 is 6.16. The predicted octanol–water partition coefficient (Wildman–Crippen LogP) is -0.944. The lowest BCUT2D eigenvalue weighted by atomic mass is 9.72. The van der Waals surface area contributed by atoms with Crippen LogP contribution in [0.15, 0.2) is 0 Å². The number of piperidine rings is 1. The topological polar surface area (TPSA) is 161 Å². The van der Waals surface area contributed by atoms with Crippen molar-refractivity contribution in [3.8, 4) is 0 Å². The molecule has 7 N–H and O–H groups in total. The summed E-state index contributed by atoms with van der Waals surface area (Å²) in [5, 5.41) is 55.5. The number of carbonyl (C=O) groups is 1. The Hall–Kier alpha value is -0.710. The molecule has 4 heterocycles. The minimum Gasteiger partial charge on any atom is -0.394 e. The van der Waals surface area contributed by atoms with Gasteiger partial charge >= 0.3 is 0 Å². The average molecular weight is 664 g/mol. The van der Waals surface area contributed by atoms with E-state index in [9.17, 15) is 25.2 Å². The van der Waals surface area contributed by atoms with Gasteiger partial charge in [-0.2, -0.15) is 0 Å². The van der Waals surface area contributed by atoms with Gasteiger partial charge in [-0.1, -0.05) is 0 Å². The van der Waals surface area contributed by atoms with Crippen LogP contribution in [0.25, 0.3) is 0 Å². The highest BCUT2D eigenvalue weighted by atomic mass is 35.5. The molecule has 1 spiro atoms. The summed E-state index contributed by atoms with van der Waals surface area (Å²) in [6, 6.07) is 0. The molecule has 7 atom stereocenters. The highest BCUT2D eigenvalue weighted by molar-refractivity contribution is 6.21. The van der Waals surface area contributed by atoms with E-state index >= 15 is 4.39 Å². The number of amides is 1. The first kappa shape index (κ1) is 35.6. The summed E-state index contributed by atoms with van der Waals surface area (Å²) in [4.78, 5) is 19.1. The first-order valence-electron chi connectivity index (χ1n) is 17.0. The molecule has 0 aromatic heterocycles. The van der Waals surface area contributed by atoms with Gasteiger partial charge in [-0.15, -0.1) is 11.6 Å². The number of nitrogens with zero attached hydrogens (tertiary/aromatic N) is 3. The summed E-state index contributed by atoms with van der Waals surface area (Å²) in [7, 11) is 0. The molecule has 3 unspecified atom stereocenters. The fourth-order valence-corrected chi connectivity index (χ4v) is 8.17. The molecule has 4 aliphatic heterocycles. The van der Waals surface area contributed by atoms with Crippen molar-refractivity contribution >= 4 is 17.5 Å². The van der Waals surface area contributed by atoms with Crippen LogP contribution in [0.1, 0.15) is 51.4 Å². The van der Waals surface area contributed by atoms with E-state index in [0.29, 0.717) is 51.5 Å². The maximum Gasteiger partial charge on any atom is 0.222 e. The standard InChI is InChI=1S/C31H55ClFN5O7/c32-22-12-34-30(35-13-22)37-7-5-20(6-8-37)2-1-9-45-23-4-3-21(24(33)11-23)10-27(42)38-18-31(19-38)16-36(17-31)14-25(40)28(43)29(44)26(41)15-39/h20-26,28-30,34-35,39-41,43-44H,1-19H2/t21?,22?,23?,24?,25-,26+,28+,29+,30?/m0/s1.